The normalized spacial score (nSPS) is 10.5. The fraction of sp³-hybridized carbons (Fsp3) is 0.235. The first-order chi connectivity index (χ1) is 12.2. The van der Waals surface area contributed by atoms with Crippen LogP contribution >= 0.6 is 15.9 Å². The average molecular weight is 404 g/mol. The molecular formula is C17H18BrN5O2. The number of aryl methyl sites for hydroxylation is 1. The molecule has 130 valence electrons. The molecule has 0 aliphatic rings. The van der Waals surface area contributed by atoms with E-state index in [0.29, 0.717) is 30.6 Å². The van der Waals surface area contributed by atoms with Gasteiger partial charge in [-0.15, -0.1) is 5.10 Å². The van der Waals surface area contributed by atoms with Crippen molar-refractivity contribution in [3.05, 3.63) is 57.6 Å². The Morgan fingerprint density at radius 3 is 2.64 bits per heavy atom. The third kappa shape index (κ3) is 4.48. The first-order valence-electron chi connectivity index (χ1n) is 7.68. The van der Waals surface area contributed by atoms with E-state index in [4.69, 9.17) is 9.47 Å². The Morgan fingerprint density at radius 1 is 1.16 bits per heavy atom. The summed E-state index contributed by atoms with van der Waals surface area (Å²) in [4.78, 5) is 0. The molecule has 0 atom stereocenters. The second-order valence-electron chi connectivity index (χ2n) is 5.46. The lowest BCUT2D eigenvalue weighted by molar-refractivity contribution is 0.284. The largest absolute Gasteiger partial charge is 0.493 e. The predicted molar refractivity (Wildman–Crippen MR) is 97.7 cm³/mol. The Morgan fingerprint density at radius 2 is 1.96 bits per heavy atom. The maximum Gasteiger partial charge on any atom is 0.263 e. The molecular weight excluding hydrogens is 386 g/mol. The monoisotopic (exact) mass is 403 g/mol. The Labute approximate surface area is 153 Å². The number of aromatic nitrogens is 4. The maximum absolute atomic E-state index is 5.93. The smallest absolute Gasteiger partial charge is 0.263 e. The topological polar surface area (TPSA) is 85.0 Å². The lowest BCUT2D eigenvalue weighted by Crippen LogP contribution is -2.04. The van der Waals surface area contributed by atoms with Gasteiger partial charge in [-0.3, -0.25) is 0 Å². The third-order valence-electron chi connectivity index (χ3n) is 3.63. The predicted octanol–water partition coefficient (Wildman–Crippen LogP) is 3.47. The number of rotatable bonds is 7. The van der Waals surface area contributed by atoms with Crippen LogP contribution in [0.2, 0.25) is 0 Å². The second-order valence-corrected chi connectivity index (χ2v) is 6.31. The van der Waals surface area contributed by atoms with Crippen LogP contribution in [0.3, 0.4) is 0 Å². The number of tetrazole rings is 1. The molecule has 0 bridgehead atoms. The summed E-state index contributed by atoms with van der Waals surface area (Å²) in [5.41, 5.74) is 3.32. The van der Waals surface area contributed by atoms with E-state index in [1.165, 1.54) is 5.56 Å². The summed E-state index contributed by atoms with van der Waals surface area (Å²) in [6, 6.07) is 12.1. The van der Waals surface area contributed by atoms with Crippen LogP contribution in [0.5, 0.6) is 11.5 Å². The number of hydrogen-bond acceptors (Lipinski definition) is 6. The van der Waals surface area contributed by atoms with Gasteiger partial charge >= 0.3 is 0 Å². The van der Waals surface area contributed by atoms with Crippen molar-refractivity contribution >= 4 is 21.9 Å². The molecule has 7 nitrogen and oxygen atoms in total. The van der Waals surface area contributed by atoms with Gasteiger partial charge in [0.1, 0.15) is 6.61 Å². The lowest BCUT2D eigenvalue weighted by atomic mass is 10.1. The lowest BCUT2D eigenvalue weighted by Gasteiger charge is -2.14. The Hall–Kier alpha value is -2.61. The van der Waals surface area contributed by atoms with E-state index in [0.717, 1.165) is 15.6 Å². The molecule has 2 aromatic carbocycles. The number of methoxy groups -OCH3 is 1. The molecule has 1 aromatic heterocycles. The summed E-state index contributed by atoms with van der Waals surface area (Å²) >= 11 is 3.57. The number of hydrogen-bond donors (Lipinski definition) is 2. The van der Waals surface area contributed by atoms with Crippen LogP contribution in [-0.4, -0.2) is 27.7 Å². The molecule has 0 spiro atoms. The van der Waals surface area contributed by atoms with Gasteiger partial charge in [0.15, 0.2) is 11.5 Å². The molecule has 0 aliphatic heterocycles. The summed E-state index contributed by atoms with van der Waals surface area (Å²) in [7, 11) is 1.62. The van der Waals surface area contributed by atoms with Gasteiger partial charge in [-0.25, -0.2) is 0 Å². The highest BCUT2D eigenvalue weighted by atomic mass is 79.9. The molecule has 0 saturated carbocycles. The van der Waals surface area contributed by atoms with Crippen molar-refractivity contribution in [3.8, 4) is 11.5 Å². The Bertz CT molecular complexity index is 822. The molecule has 0 saturated heterocycles. The van der Waals surface area contributed by atoms with E-state index >= 15 is 0 Å². The van der Waals surface area contributed by atoms with Crippen LogP contribution in [0, 0.1) is 6.92 Å². The zero-order valence-corrected chi connectivity index (χ0v) is 15.5. The minimum absolute atomic E-state index is 0.436. The fourth-order valence-corrected chi connectivity index (χ4v) is 2.70. The van der Waals surface area contributed by atoms with Crippen molar-refractivity contribution in [1.29, 1.82) is 0 Å². The summed E-state index contributed by atoms with van der Waals surface area (Å²) in [6.07, 6.45) is 0. The van der Waals surface area contributed by atoms with Crippen molar-refractivity contribution in [2.75, 3.05) is 12.4 Å². The van der Waals surface area contributed by atoms with Gasteiger partial charge in [0.05, 0.1) is 7.11 Å². The fourth-order valence-electron chi connectivity index (χ4n) is 2.24. The van der Waals surface area contributed by atoms with Crippen LogP contribution in [-0.2, 0) is 13.2 Å². The standard InChI is InChI=1S/C17H18BrN5O2/c1-11-3-5-12(6-4-11)10-25-16-8-14(18)13(7-15(16)24-2)9-19-17-20-22-23-21-17/h3-8H,9-10H2,1-2H3,(H2,19,20,21,22,23). The summed E-state index contributed by atoms with van der Waals surface area (Å²) < 4.78 is 12.3. The second kappa shape index (κ2) is 7.98. The zero-order chi connectivity index (χ0) is 17.6. The number of nitrogens with zero attached hydrogens (tertiary/aromatic N) is 3. The minimum Gasteiger partial charge on any atom is -0.493 e. The Balaban J connectivity index is 1.71. The van der Waals surface area contributed by atoms with E-state index in [1.807, 2.05) is 12.1 Å². The van der Waals surface area contributed by atoms with Crippen LogP contribution < -0.4 is 14.8 Å². The summed E-state index contributed by atoms with van der Waals surface area (Å²) in [5, 5.41) is 16.7. The van der Waals surface area contributed by atoms with E-state index in [2.05, 4.69) is 73.1 Å². The van der Waals surface area contributed by atoms with Gasteiger partial charge in [-0.05, 0) is 35.4 Å². The van der Waals surface area contributed by atoms with Crippen LogP contribution in [0.15, 0.2) is 40.9 Å². The van der Waals surface area contributed by atoms with Gasteiger partial charge in [0, 0.05) is 11.0 Å². The summed E-state index contributed by atoms with van der Waals surface area (Å²) in [5.74, 6) is 1.78. The van der Waals surface area contributed by atoms with E-state index in [1.54, 1.807) is 7.11 Å². The average Bonchev–Trinajstić information content (AvgIpc) is 3.14. The molecule has 0 amide bonds. The first-order valence-corrected chi connectivity index (χ1v) is 8.47. The molecule has 3 aromatic rings. The quantitative estimate of drug-likeness (QED) is 0.628. The van der Waals surface area contributed by atoms with Gasteiger partial charge in [-0.2, -0.15) is 5.21 Å². The van der Waals surface area contributed by atoms with E-state index in [-0.39, 0.29) is 0 Å². The molecule has 3 rings (SSSR count). The number of anilines is 1. The van der Waals surface area contributed by atoms with E-state index in [9.17, 15) is 0 Å². The number of ether oxygens (including phenoxy) is 2. The molecule has 8 heteroatoms. The molecule has 0 fully saturated rings. The highest BCUT2D eigenvalue weighted by Gasteiger charge is 2.11. The zero-order valence-electron chi connectivity index (χ0n) is 13.9. The molecule has 2 N–H and O–H groups in total. The van der Waals surface area contributed by atoms with Crippen molar-refractivity contribution in [1.82, 2.24) is 20.6 Å². The van der Waals surface area contributed by atoms with Crippen LogP contribution in [0.4, 0.5) is 5.95 Å². The Kier molecular flexibility index (Phi) is 5.49. The first kappa shape index (κ1) is 17.2. The van der Waals surface area contributed by atoms with Gasteiger partial charge in [0.2, 0.25) is 0 Å². The number of aromatic amines is 1. The third-order valence-corrected chi connectivity index (χ3v) is 4.37. The van der Waals surface area contributed by atoms with Gasteiger partial charge in [-0.1, -0.05) is 50.9 Å². The van der Waals surface area contributed by atoms with Gasteiger partial charge < -0.3 is 14.8 Å². The van der Waals surface area contributed by atoms with E-state index < -0.39 is 0 Å². The molecule has 0 aliphatic carbocycles. The molecule has 0 radical (unpaired) electrons. The highest BCUT2D eigenvalue weighted by Crippen LogP contribution is 2.34. The molecule has 25 heavy (non-hydrogen) atoms. The van der Waals surface area contributed by atoms with Gasteiger partial charge in [0.25, 0.3) is 5.95 Å². The number of halogens is 1. The molecule has 1 heterocycles. The summed E-state index contributed by atoms with van der Waals surface area (Å²) in [6.45, 7) is 3.06. The van der Waals surface area contributed by atoms with Crippen LogP contribution in [0.25, 0.3) is 0 Å². The minimum atomic E-state index is 0.436. The number of nitrogens with one attached hydrogen (secondary N) is 2. The van der Waals surface area contributed by atoms with Crippen molar-refractivity contribution in [3.63, 3.8) is 0 Å². The highest BCUT2D eigenvalue weighted by molar-refractivity contribution is 9.10. The van der Waals surface area contributed by atoms with Crippen molar-refractivity contribution in [2.24, 2.45) is 0 Å². The van der Waals surface area contributed by atoms with Crippen LogP contribution in [0.1, 0.15) is 16.7 Å². The number of H-pyrrole nitrogens is 1. The van der Waals surface area contributed by atoms with Crippen molar-refractivity contribution < 1.29 is 9.47 Å². The SMILES string of the molecule is COc1cc(CNc2nn[nH]n2)c(Br)cc1OCc1ccc(C)cc1. The maximum atomic E-state index is 5.93. The number of benzene rings is 2. The van der Waals surface area contributed by atoms with Crippen molar-refractivity contribution in [2.45, 2.75) is 20.1 Å². The molecule has 0 unspecified atom stereocenters.